The first-order chi connectivity index (χ1) is 9.00. The van der Waals surface area contributed by atoms with Crippen LogP contribution in [0.15, 0.2) is 30.3 Å². The minimum absolute atomic E-state index is 0.204. The van der Waals surface area contributed by atoms with Gasteiger partial charge in [-0.25, -0.2) is 0 Å². The van der Waals surface area contributed by atoms with Crippen LogP contribution < -0.4 is 10.6 Å². The fourth-order valence-corrected chi connectivity index (χ4v) is 2.27. The largest absolute Gasteiger partial charge is 0.480 e. The summed E-state index contributed by atoms with van der Waals surface area (Å²) in [6.45, 7) is -0.334. The molecule has 0 aromatic heterocycles. The van der Waals surface area contributed by atoms with Crippen molar-refractivity contribution in [2.45, 2.75) is 31.2 Å². The minimum Gasteiger partial charge on any atom is -0.480 e. The predicted octanol–water partition coefficient (Wildman–Crippen LogP) is 1.38. The smallest absolute Gasteiger partial charge is 0.323 e. The average molecular weight is 262 g/mol. The summed E-state index contributed by atoms with van der Waals surface area (Å²) in [7, 11) is 0. The number of rotatable bonds is 5. The lowest BCUT2D eigenvalue weighted by atomic mass is 9.75. The number of anilines is 1. The second-order valence-electron chi connectivity index (χ2n) is 5.10. The van der Waals surface area contributed by atoms with E-state index < -0.39 is 11.5 Å². The minimum atomic E-state index is -1.03. The zero-order valence-corrected chi connectivity index (χ0v) is 10.7. The third kappa shape index (κ3) is 3.32. The quantitative estimate of drug-likeness (QED) is 0.839. The molecule has 1 saturated carbocycles. The van der Waals surface area contributed by atoms with Gasteiger partial charge in [0.2, 0.25) is 5.91 Å². The Hall–Kier alpha value is -1.88. The normalized spacial score (nSPS) is 16.5. The number of hydrogen-bond acceptors (Lipinski definition) is 3. The number of para-hydroxylation sites is 1. The molecular formula is C14H18N2O3. The first-order valence-corrected chi connectivity index (χ1v) is 6.36. The van der Waals surface area contributed by atoms with Gasteiger partial charge in [0.05, 0.1) is 0 Å². The monoisotopic (exact) mass is 262 g/mol. The number of carbonyl (C=O) groups excluding carboxylic acids is 1. The number of amides is 1. The molecule has 5 nitrogen and oxygen atoms in total. The summed E-state index contributed by atoms with van der Waals surface area (Å²) in [5.41, 5.74) is 6.21. The highest BCUT2D eigenvalue weighted by Crippen LogP contribution is 2.33. The van der Waals surface area contributed by atoms with Gasteiger partial charge in [-0.1, -0.05) is 18.2 Å². The van der Waals surface area contributed by atoms with E-state index in [-0.39, 0.29) is 18.9 Å². The zero-order valence-electron chi connectivity index (χ0n) is 10.7. The van der Waals surface area contributed by atoms with E-state index in [1.807, 2.05) is 6.07 Å². The summed E-state index contributed by atoms with van der Waals surface area (Å²) in [5.74, 6) is -1.26. The Morgan fingerprint density at radius 1 is 1.26 bits per heavy atom. The zero-order chi connectivity index (χ0) is 13.9. The van der Waals surface area contributed by atoms with Crippen LogP contribution >= 0.6 is 0 Å². The number of aliphatic carboxylic acids is 1. The molecule has 3 N–H and O–H groups in total. The van der Waals surface area contributed by atoms with Crippen molar-refractivity contribution < 1.29 is 14.7 Å². The van der Waals surface area contributed by atoms with Crippen LogP contribution in [0.4, 0.5) is 5.69 Å². The highest BCUT2D eigenvalue weighted by atomic mass is 16.4. The fourth-order valence-electron chi connectivity index (χ4n) is 2.27. The van der Waals surface area contributed by atoms with Gasteiger partial charge < -0.3 is 15.7 Å². The second kappa shape index (κ2) is 5.40. The molecule has 2 rings (SSSR count). The van der Waals surface area contributed by atoms with Gasteiger partial charge in [0.25, 0.3) is 0 Å². The van der Waals surface area contributed by atoms with Gasteiger partial charge in [-0.2, -0.15) is 0 Å². The first-order valence-electron chi connectivity index (χ1n) is 6.36. The number of carbonyl (C=O) groups is 2. The van der Waals surface area contributed by atoms with Crippen LogP contribution in [0.3, 0.4) is 0 Å². The van der Waals surface area contributed by atoms with Crippen molar-refractivity contribution in [3.05, 3.63) is 30.3 Å². The van der Waals surface area contributed by atoms with Crippen LogP contribution in [-0.2, 0) is 9.59 Å². The van der Waals surface area contributed by atoms with Gasteiger partial charge in [-0.3, -0.25) is 9.59 Å². The molecule has 102 valence electrons. The summed E-state index contributed by atoms with van der Waals surface area (Å²) in [5, 5.41) is 8.94. The van der Waals surface area contributed by atoms with E-state index in [2.05, 4.69) is 0 Å². The maximum atomic E-state index is 12.3. The number of benzene rings is 1. The fraction of sp³-hybridized carbons (Fsp3) is 0.429. The number of nitrogens with zero attached hydrogens (tertiary/aromatic N) is 1. The van der Waals surface area contributed by atoms with Crippen molar-refractivity contribution in [2.24, 2.45) is 5.73 Å². The molecule has 0 saturated heterocycles. The Morgan fingerprint density at radius 3 is 2.37 bits per heavy atom. The van der Waals surface area contributed by atoms with E-state index in [9.17, 15) is 9.59 Å². The van der Waals surface area contributed by atoms with Gasteiger partial charge in [0.15, 0.2) is 0 Å². The van der Waals surface area contributed by atoms with Crippen molar-refractivity contribution in [2.75, 3.05) is 11.4 Å². The Labute approximate surface area is 112 Å². The molecule has 0 aliphatic heterocycles. The molecule has 1 aliphatic carbocycles. The Morgan fingerprint density at radius 2 is 1.89 bits per heavy atom. The molecule has 0 bridgehead atoms. The van der Waals surface area contributed by atoms with E-state index >= 15 is 0 Å². The number of hydrogen-bond donors (Lipinski definition) is 2. The summed E-state index contributed by atoms with van der Waals surface area (Å²) >= 11 is 0. The van der Waals surface area contributed by atoms with E-state index in [4.69, 9.17) is 10.8 Å². The maximum Gasteiger partial charge on any atom is 0.323 e. The topological polar surface area (TPSA) is 83.6 Å². The lowest BCUT2D eigenvalue weighted by Crippen LogP contribution is -2.51. The van der Waals surface area contributed by atoms with Crippen LogP contribution in [0, 0.1) is 0 Å². The van der Waals surface area contributed by atoms with Gasteiger partial charge in [-0.15, -0.1) is 0 Å². The van der Waals surface area contributed by atoms with Crippen molar-refractivity contribution in [1.82, 2.24) is 0 Å². The highest BCUT2D eigenvalue weighted by Gasteiger charge is 2.36. The van der Waals surface area contributed by atoms with Gasteiger partial charge in [-0.05, 0) is 31.4 Å². The third-order valence-electron chi connectivity index (χ3n) is 3.51. The molecule has 0 unspecified atom stereocenters. The van der Waals surface area contributed by atoms with Crippen LogP contribution in [0.5, 0.6) is 0 Å². The Bertz CT molecular complexity index is 469. The molecular weight excluding hydrogens is 244 g/mol. The predicted molar refractivity (Wildman–Crippen MR) is 71.8 cm³/mol. The van der Waals surface area contributed by atoms with Crippen molar-refractivity contribution in [1.29, 1.82) is 0 Å². The molecule has 1 fully saturated rings. The first kappa shape index (κ1) is 13.5. The molecule has 0 spiro atoms. The van der Waals surface area contributed by atoms with E-state index in [1.165, 1.54) is 4.90 Å². The average Bonchev–Trinajstić information content (AvgIpc) is 2.34. The van der Waals surface area contributed by atoms with Crippen molar-refractivity contribution >= 4 is 17.6 Å². The molecule has 1 aromatic rings. The van der Waals surface area contributed by atoms with Crippen LogP contribution in [0.2, 0.25) is 0 Å². The molecule has 0 heterocycles. The molecule has 1 aromatic carbocycles. The maximum absolute atomic E-state index is 12.3. The van der Waals surface area contributed by atoms with Gasteiger partial charge in [0.1, 0.15) is 6.54 Å². The molecule has 0 radical (unpaired) electrons. The third-order valence-corrected chi connectivity index (χ3v) is 3.51. The lowest BCUT2D eigenvalue weighted by Gasteiger charge is -2.38. The molecule has 0 atom stereocenters. The van der Waals surface area contributed by atoms with Crippen molar-refractivity contribution in [3.8, 4) is 0 Å². The standard InChI is InChI=1S/C14H18N2O3/c15-14(7-4-8-14)9-12(17)16(10-13(18)19)11-5-2-1-3-6-11/h1-3,5-6H,4,7-10,15H2,(H,18,19). The summed E-state index contributed by atoms with van der Waals surface area (Å²) in [6.07, 6.45) is 2.89. The van der Waals surface area contributed by atoms with Crippen molar-refractivity contribution in [3.63, 3.8) is 0 Å². The lowest BCUT2D eigenvalue weighted by molar-refractivity contribution is -0.136. The SMILES string of the molecule is NC1(CC(=O)N(CC(=O)O)c2ccccc2)CCC1. The summed E-state index contributed by atoms with van der Waals surface area (Å²) < 4.78 is 0. The Kier molecular flexibility index (Phi) is 3.85. The van der Waals surface area contributed by atoms with Gasteiger partial charge >= 0.3 is 5.97 Å². The second-order valence-corrected chi connectivity index (χ2v) is 5.10. The molecule has 1 aliphatic rings. The summed E-state index contributed by atoms with van der Waals surface area (Å²) in [6, 6.07) is 8.83. The number of nitrogens with two attached hydrogens (primary N) is 1. The molecule has 19 heavy (non-hydrogen) atoms. The van der Waals surface area contributed by atoms with Crippen LogP contribution in [-0.4, -0.2) is 29.1 Å². The molecule has 5 heteroatoms. The van der Waals surface area contributed by atoms with E-state index in [1.54, 1.807) is 24.3 Å². The number of carboxylic acid groups (broad SMARTS) is 1. The van der Waals surface area contributed by atoms with E-state index in [0.717, 1.165) is 19.3 Å². The summed E-state index contributed by atoms with van der Waals surface area (Å²) in [4.78, 5) is 24.5. The van der Waals surface area contributed by atoms with E-state index in [0.29, 0.717) is 5.69 Å². The van der Waals surface area contributed by atoms with Crippen LogP contribution in [0.1, 0.15) is 25.7 Å². The Balaban J connectivity index is 2.13. The number of carboxylic acids is 1. The highest BCUT2D eigenvalue weighted by molar-refractivity contribution is 5.97. The molecule has 1 amide bonds. The van der Waals surface area contributed by atoms with Crippen LogP contribution in [0.25, 0.3) is 0 Å². The van der Waals surface area contributed by atoms with Gasteiger partial charge in [0, 0.05) is 17.6 Å².